The molecule has 0 aliphatic heterocycles. The summed E-state index contributed by atoms with van der Waals surface area (Å²) in [6.45, 7) is 1.23. The quantitative estimate of drug-likeness (QED) is 0.517. The molecule has 0 aromatic rings. The summed E-state index contributed by atoms with van der Waals surface area (Å²) in [4.78, 5) is 17.0. The number of hydrogen-bond donors (Lipinski definition) is 2. The molecule has 0 unspecified atom stereocenters. The summed E-state index contributed by atoms with van der Waals surface area (Å²) in [5, 5.41) is 0. The van der Waals surface area contributed by atoms with Crippen LogP contribution in [0.15, 0.2) is 0 Å². The minimum atomic E-state index is -0.411. The average Bonchev–Trinajstić information content (AvgIpc) is 2.35. The van der Waals surface area contributed by atoms with Crippen molar-refractivity contribution in [2.45, 2.75) is 32.1 Å². The van der Waals surface area contributed by atoms with E-state index in [1.165, 1.54) is 6.42 Å². The van der Waals surface area contributed by atoms with Crippen LogP contribution in [0.5, 0.6) is 0 Å². The smallest absolute Gasteiger partial charge is 0.251 e. The Morgan fingerprint density at radius 1 is 1.31 bits per heavy atom. The van der Waals surface area contributed by atoms with Gasteiger partial charge >= 0.3 is 0 Å². The Morgan fingerprint density at radius 3 is 2.56 bits per heavy atom. The number of methoxy groups -OCH3 is 1. The topological polar surface area (TPSA) is 73.6 Å². The molecular formula is C11H22N2O3. The van der Waals surface area contributed by atoms with Gasteiger partial charge in [0.15, 0.2) is 0 Å². The van der Waals surface area contributed by atoms with E-state index in [9.17, 15) is 4.79 Å². The standard InChI is InChI=1S/C11H22N2O3/c1-15-7-8-16-13-10(14)11(9-12)5-3-2-4-6-11/h2-9,12H2,1H3,(H,13,14). The molecule has 0 spiro atoms. The Hall–Kier alpha value is -0.650. The number of hydroxylamine groups is 1. The van der Waals surface area contributed by atoms with Gasteiger partial charge in [-0.05, 0) is 12.8 Å². The van der Waals surface area contributed by atoms with Gasteiger partial charge in [0, 0.05) is 13.7 Å². The van der Waals surface area contributed by atoms with Gasteiger partial charge in [0.05, 0.1) is 18.6 Å². The van der Waals surface area contributed by atoms with Crippen LogP contribution in [0.2, 0.25) is 0 Å². The lowest BCUT2D eigenvalue weighted by Crippen LogP contribution is -2.47. The highest BCUT2D eigenvalue weighted by Crippen LogP contribution is 2.35. The summed E-state index contributed by atoms with van der Waals surface area (Å²) in [5.74, 6) is -0.0780. The fourth-order valence-corrected chi connectivity index (χ4v) is 2.10. The molecule has 1 fully saturated rings. The van der Waals surface area contributed by atoms with Crippen molar-refractivity contribution in [1.29, 1.82) is 0 Å². The average molecular weight is 230 g/mol. The second-order valence-electron chi connectivity index (χ2n) is 4.32. The van der Waals surface area contributed by atoms with Crippen molar-refractivity contribution in [2.24, 2.45) is 11.1 Å². The summed E-state index contributed by atoms with van der Waals surface area (Å²) in [6.07, 6.45) is 5.07. The fourth-order valence-electron chi connectivity index (χ4n) is 2.10. The number of carbonyl (C=O) groups excluding carboxylic acids is 1. The number of nitrogens with two attached hydrogens (primary N) is 1. The van der Waals surface area contributed by atoms with Crippen LogP contribution in [0.1, 0.15) is 32.1 Å². The first-order chi connectivity index (χ1) is 7.75. The first-order valence-corrected chi connectivity index (χ1v) is 5.86. The molecule has 5 heteroatoms. The SMILES string of the molecule is COCCONC(=O)C1(CN)CCCCC1. The van der Waals surface area contributed by atoms with Gasteiger partial charge in [-0.15, -0.1) is 0 Å². The number of amides is 1. The van der Waals surface area contributed by atoms with E-state index in [4.69, 9.17) is 15.3 Å². The maximum atomic E-state index is 12.0. The molecule has 0 aromatic heterocycles. The maximum absolute atomic E-state index is 12.0. The van der Waals surface area contributed by atoms with Gasteiger partial charge in [0.1, 0.15) is 0 Å². The molecule has 0 aromatic carbocycles. The Bertz CT molecular complexity index is 215. The van der Waals surface area contributed by atoms with Crippen molar-refractivity contribution in [2.75, 3.05) is 26.9 Å². The van der Waals surface area contributed by atoms with E-state index >= 15 is 0 Å². The van der Waals surface area contributed by atoms with Gasteiger partial charge in [-0.1, -0.05) is 19.3 Å². The zero-order valence-corrected chi connectivity index (χ0v) is 9.96. The van der Waals surface area contributed by atoms with Gasteiger partial charge in [-0.2, -0.15) is 0 Å². The lowest BCUT2D eigenvalue weighted by molar-refractivity contribution is -0.146. The van der Waals surface area contributed by atoms with Gasteiger partial charge in [-0.25, -0.2) is 5.48 Å². The molecule has 3 N–H and O–H groups in total. The predicted molar refractivity (Wildman–Crippen MR) is 60.5 cm³/mol. The third-order valence-electron chi connectivity index (χ3n) is 3.24. The summed E-state index contributed by atoms with van der Waals surface area (Å²) in [6, 6.07) is 0. The number of ether oxygens (including phenoxy) is 1. The van der Waals surface area contributed by atoms with E-state index in [0.29, 0.717) is 19.8 Å². The van der Waals surface area contributed by atoms with Crippen molar-refractivity contribution >= 4 is 5.91 Å². The van der Waals surface area contributed by atoms with Gasteiger partial charge in [-0.3, -0.25) is 9.63 Å². The first-order valence-electron chi connectivity index (χ1n) is 5.86. The van der Waals surface area contributed by atoms with Crippen LogP contribution in [0.3, 0.4) is 0 Å². The van der Waals surface area contributed by atoms with Crippen molar-refractivity contribution < 1.29 is 14.4 Å². The monoisotopic (exact) mass is 230 g/mol. The van der Waals surface area contributed by atoms with Gasteiger partial charge < -0.3 is 10.5 Å². The summed E-state index contributed by atoms with van der Waals surface area (Å²) >= 11 is 0. The normalized spacial score (nSPS) is 19.4. The Morgan fingerprint density at radius 2 is 2.00 bits per heavy atom. The lowest BCUT2D eigenvalue weighted by atomic mass is 9.73. The number of nitrogens with one attached hydrogen (secondary N) is 1. The van der Waals surface area contributed by atoms with Crippen LogP contribution in [0, 0.1) is 5.41 Å². The fraction of sp³-hybridized carbons (Fsp3) is 0.909. The molecule has 1 aliphatic rings. The highest BCUT2D eigenvalue weighted by Gasteiger charge is 2.38. The second-order valence-corrected chi connectivity index (χ2v) is 4.32. The second kappa shape index (κ2) is 6.83. The third kappa shape index (κ3) is 3.43. The molecule has 0 saturated heterocycles. The Labute approximate surface area is 96.6 Å². The number of carbonyl (C=O) groups is 1. The summed E-state index contributed by atoms with van der Waals surface area (Å²) < 4.78 is 4.82. The highest BCUT2D eigenvalue weighted by molar-refractivity contribution is 5.82. The van der Waals surface area contributed by atoms with Crippen LogP contribution in [0.4, 0.5) is 0 Å². The summed E-state index contributed by atoms with van der Waals surface area (Å²) in [7, 11) is 1.59. The van der Waals surface area contributed by atoms with E-state index in [-0.39, 0.29) is 5.91 Å². The van der Waals surface area contributed by atoms with E-state index in [1.807, 2.05) is 0 Å². The van der Waals surface area contributed by atoms with Crippen LogP contribution in [-0.2, 0) is 14.4 Å². The van der Waals surface area contributed by atoms with Gasteiger partial charge in [0.2, 0.25) is 0 Å². The number of hydrogen-bond acceptors (Lipinski definition) is 4. The zero-order chi connectivity index (χ0) is 11.9. The third-order valence-corrected chi connectivity index (χ3v) is 3.24. The zero-order valence-electron chi connectivity index (χ0n) is 9.96. The minimum absolute atomic E-state index is 0.0780. The van der Waals surface area contributed by atoms with Crippen molar-refractivity contribution in [1.82, 2.24) is 5.48 Å². The molecule has 0 heterocycles. The Kier molecular flexibility index (Phi) is 5.73. The molecule has 1 rings (SSSR count). The van der Waals surface area contributed by atoms with Crippen LogP contribution in [0.25, 0.3) is 0 Å². The molecule has 1 aliphatic carbocycles. The predicted octanol–water partition coefficient (Wildman–Crippen LogP) is 0.590. The van der Waals surface area contributed by atoms with E-state index in [1.54, 1.807) is 7.11 Å². The lowest BCUT2D eigenvalue weighted by Gasteiger charge is -2.34. The van der Waals surface area contributed by atoms with Crippen molar-refractivity contribution in [3.8, 4) is 0 Å². The molecule has 1 amide bonds. The largest absolute Gasteiger partial charge is 0.382 e. The summed E-state index contributed by atoms with van der Waals surface area (Å²) in [5.41, 5.74) is 7.80. The van der Waals surface area contributed by atoms with E-state index < -0.39 is 5.41 Å². The maximum Gasteiger partial charge on any atom is 0.251 e. The Balaban J connectivity index is 2.36. The number of rotatable bonds is 6. The van der Waals surface area contributed by atoms with E-state index in [2.05, 4.69) is 5.48 Å². The van der Waals surface area contributed by atoms with Crippen LogP contribution in [-0.4, -0.2) is 32.8 Å². The molecule has 0 radical (unpaired) electrons. The molecule has 0 atom stereocenters. The molecule has 94 valence electrons. The molecule has 16 heavy (non-hydrogen) atoms. The molecular weight excluding hydrogens is 208 g/mol. The van der Waals surface area contributed by atoms with Crippen LogP contribution >= 0.6 is 0 Å². The van der Waals surface area contributed by atoms with Crippen molar-refractivity contribution in [3.63, 3.8) is 0 Å². The molecule has 5 nitrogen and oxygen atoms in total. The van der Waals surface area contributed by atoms with Crippen molar-refractivity contribution in [3.05, 3.63) is 0 Å². The highest BCUT2D eigenvalue weighted by atomic mass is 16.7. The molecule has 0 bridgehead atoms. The van der Waals surface area contributed by atoms with Crippen LogP contribution < -0.4 is 11.2 Å². The minimum Gasteiger partial charge on any atom is -0.382 e. The molecule has 1 saturated carbocycles. The van der Waals surface area contributed by atoms with E-state index in [0.717, 1.165) is 25.7 Å². The first kappa shape index (κ1) is 13.4. The van der Waals surface area contributed by atoms with Gasteiger partial charge in [0.25, 0.3) is 5.91 Å².